The third-order valence-corrected chi connectivity index (χ3v) is 4.59. The molecule has 1 aliphatic heterocycles. The number of ether oxygens (including phenoxy) is 1. The summed E-state index contributed by atoms with van der Waals surface area (Å²) in [6, 6.07) is 6.59. The van der Waals surface area contributed by atoms with E-state index in [1.165, 1.54) is 24.0 Å². The van der Waals surface area contributed by atoms with Crippen molar-refractivity contribution >= 4 is 0 Å². The zero-order valence-corrected chi connectivity index (χ0v) is 12.1. The number of nitrogens with one attached hydrogen (secondary N) is 1. The van der Waals surface area contributed by atoms with Crippen LogP contribution in [0.4, 0.5) is 0 Å². The van der Waals surface area contributed by atoms with Crippen LogP contribution in [-0.2, 0) is 12.8 Å². The molecular weight excluding hydrogens is 250 g/mol. The van der Waals surface area contributed by atoms with Gasteiger partial charge in [-0.05, 0) is 68.3 Å². The van der Waals surface area contributed by atoms with Gasteiger partial charge in [0.05, 0.1) is 12.7 Å². The molecule has 0 aromatic heterocycles. The number of aliphatic hydroxyl groups is 1. The number of hydrogen-bond donors (Lipinski definition) is 2. The lowest BCUT2D eigenvalue weighted by molar-refractivity contribution is 0.108. The molecule has 3 rings (SSSR count). The lowest BCUT2D eigenvalue weighted by Crippen LogP contribution is -2.29. The van der Waals surface area contributed by atoms with Crippen molar-refractivity contribution in [2.45, 2.75) is 44.6 Å². The van der Waals surface area contributed by atoms with Crippen molar-refractivity contribution in [3.8, 4) is 5.75 Å². The van der Waals surface area contributed by atoms with E-state index in [1.54, 1.807) is 0 Å². The highest BCUT2D eigenvalue weighted by Crippen LogP contribution is 2.26. The van der Waals surface area contributed by atoms with Crippen LogP contribution in [-0.4, -0.2) is 30.9 Å². The highest BCUT2D eigenvalue weighted by molar-refractivity contribution is 5.39. The van der Waals surface area contributed by atoms with Crippen LogP contribution in [0.25, 0.3) is 0 Å². The fraction of sp³-hybridized carbons (Fsp3) is 0.647. The lowest BCUT2D eigenvalue weighted by atomic mass is 9.87. The second kappa shape index (κ2) is 6.59. The molecule has 0 atom stereocenters. The predicted molar refractivity (Wildman–Crippen MR) is 80.2 cm³/mol. The maximum atomic E-state index is 9.49. The van der Waals surface area contributed by atoms with Crippen LogP contribution in [0.3, 0.4) is 0 Å². The second-order valence-electron chi connectivity index (χ2n) is 6.17. The third kappa shape index (κ3) is 3.53. The number of benzene rings is 1. The van der Waals surface area contributed by atoms with Crippen molar-refractivity contribution in [2.75, 3.05) is 19.7 Å². The first kappa shape index (κ1) is 13.9. The van der Waals surface area contributed by atoms with Gasteiger partial charge in [0, 0.05) is 6.42 Å². The second-order valence-corrected chi connectivity index (χ2v) is 6.17. The Hall–Kier alpha value is -1.06. The molecule has 0 saturated heterocycles. The monoisotopic (exact) mass is 275 g/mol. The van der Waals surface area contributed by atoms with Crippen LogP contribution in [0.2, 0.25) is 0 Å². The molecule has 20 heavy (non-hydrogen) atoms. The Balaban J connectivity index is 1.37. The molecule has 3 heteroatoms. The largest absolute Gasteiger partial charge is 0.493 e. The first-order valence-corrected chi connectivity index (χ1v) is 7.94. The Bertz CT molecular complexity index is 439. The number of fused-ring (bicyclic) bond motifs is 1. The minimum atomic E-state index is -0.0418. The number of hydrogen-bond acceptors (Lipinski definition) is 3. The Kier molecular flexibility index (Phi) is 4.58. The van der Waals surface area contributed by atoms with Crippen molar-refractivity contribution in [1.29, 1.82) is 0 Å². The molecule has 1 saturated carbocycles. The average molecular weight is 275 g/mol. The molecule has 1 fully saturated rings. The molecule has 0 spiro atoms. The average Bonchev–Trinajstić information content (AvgIpc) is 2.93. The molecule has 2 aliphatic rings. The van der Waals surface area contributed by atoms with E-state index in [0.717, 1.165) is 57.0 Å². The van der Waals surface area contributed by atoms with E-state index < -0.39 is 0 Å². The smallest absolute Gasteiger partial charge is 0.122 e. The summed E-state index contributed by atoms with van der Waals surface area (Å²) in [5, 5.41) is 13.1. The van der Waals surface area contributed by atoms with Gasteiger partial charge in [-0.15, -0.1) is 0 Å². The number of rotatable bonds is 5. The van der Waals surface area contributed by atoms with Gasteiger partial charge in [-0.25, -0.2) is 0 Å². The van der Waals surface area contributed by atoms with Crippen molar-refractivity contribution in [2.24, 2.45) is 5.92 Å². The zero-order chi connectivity index (χ0) is 13.8. The Labute approximate surface area is 121 Å². The van der Waals surface area contributed by atoms with Gasteiger partial charge < -0.3 is 15.2 Å². The van der Waals surface area contributed by atoms with Gasteiger partial charge in [-0.1, -0.05) is 12.1 Å². The maximum Gasteiger partial charge on any atom is 0.122 e. The summed E-state index contributed by atoms with van der Waals surface area (Å²) < 4.78 is 5.53. The summed E-state index contributed by atoms with van der Waals surface area (Å²) in [6.45, 7) is 2.98. The minimum Gasteiger partial charge on any atom is -0.493 e. The molecule has 2 N–H and O–H groups in total. The van der Waals surface area contributed by atoms with Crippen LogP contribution in [0, 0.1) is 5.92 Å². The summed E-state index contributed by atoms with van der Waals surface area (Å²) in [5.41, 5.74) is 2.77. The summed E-state index contributed by atoms with van der Waals surface area (Å²) in [6.07, 6.45) is 6.41. The Morgan fingerprint density at radius 1 is 1.20 bits per heavy atom. The van der Waals surface area contributed by atoms with Gasteiger partial charge in [0.25, 0.3) is 0 Å². The van der Waals surface area contributed by atoms with Crippen molar-refractivity contribution in [3.63, 3.8) is 0 Å². The van der Waals surface area contributed by atoms with Gasteiger partial charge in [-0.2, -0.15) is 0 Å². The topological polar surface area (TPSA) is 41.5 Å². The van der Waals surface area contributed by atoms with E-state index in [2.05, 4.69) is 23.5 Å². The molecule has 1 heterocycles. The van der Waals surface area contributed by atoms with Gasteiger partial charge in [-0.3, -0.25) is 0 Å². The predicted octanol–water partition coefficient (Wildman–Crippen LogP) is 2.30. The standard InChI is InChI=1S/C17H25NO2/c19-16-4-1-14(2-5-16)12-18-9-7-13-3-6-17-15(11-13)8-10-20-17/h3,6,11,14,16,18-19H,1-2,4-5,7-10,12H2. The van der Waals surface area contributed by atoms with Gasteiger partial charge in [0.1, 0.15) is 5.75 Å². The summed E-state index contributed by atoms with van der Waals surface area (Å²) in [4.78, 5) is 0. The summed E-state index contributed by atoms with van der Waals surface area (Å²) in [7, 11) is 0. The first-order chi connectivity index (χ1) is 9.81. The fourth-order valence-corrected chi connectivity index (χ4v) is 3.28. The van der Waals surface area contributed by atoms with Gasteiger partial charge in [0.15, 0.2) is 0 Å². The first-order valence-electron chi connectivity index (χ1n) is 7.94. The highest BCUT2D eigenvalue weighted by atomic mass is 16.5. The quantitative estimate of drug-likeness (QED) is 0.810. The third-order valence-electron chi connectivity index (χ3n) is 4.59. The van der Waals surface area contributed by atoms with Crippen molar-refractivity contribution in [1.82, 2.24) is 5.32 Å². The fourth-order valence-electron chi connectivity index (χ4n) is 3.28. The lowest BCUT2D eigenvalue weighted by Gasteiger charge is -2.25. The molecule has 0 bridgehead atoms. The van der Waals surface area contributed by atoms with Crippen LogP contribution >= 0.6 is 0 Å². The molecular formula is C17H25NO2. The van der Waals surface area contributed by atoms with E-state index in [1.807, 2.05) is 0 Å². The van der Waals surface area contributed by atoms with Gasteiger partial charge in [0.2, 0.25) is 0 Å². The van der Waals surface area contributed by atoms with E-state index >= 15 is 0 Å². The molecule has 3 nitrogen and oxygen atoms in total. The highest BCUT2D eigenvalue weighted by Gasteiger charge is 2.18. The van der Waals surface area contributed by atoms with Crippen LogP contribution in [0.5, 0.6) is 5.75 Å². The molecule has 110 valence electrons. The van der Waals surface area contributed by atoms with E-state index in [0.29, 0.717) is 0 Å². The summed E-state index contributed by atoms with van der Waals surface area (Å²) in [5.74, 6) is 1.83. The Morgan fingerprint density at radius 3 is 2.90 bits per heavy atom. The molecule has 1 aromatic carbocycles. The molecule has 1 aliphatic carbocycles. The van der Waals surface area contributed by atoms with E-state index in [-0.39, 0.29) is 6.10 Å². The van der Waals surface area contributed by atoms with Crippen molar-refractivity contribution < 1.29 is 9.84 Å². The van der Waals surface area contributed by atoms with Crippen LogP contribution in [0.15, 0.2) is 18.2 Å². The normalized spacial score (nSPS) is 25.2. The molecule has 0 unspecified atom stereocenters. The Morgan fingerprint density at radius 2 is 2.05 bits per heavy atom. The summed E-state index contributed by atoms with van der Waals surface area (Å²) >= 11 is 0. The number of aliphatic hydroxyl groups excluding tert-OH is 1. The van der Waals surface area contributed by atoms with Crippen molar-refractivity contribution in [3.05, 3.63) is 29.3 Å². The SMILES string of the molecule is OC1CCC(CNCCc2ccc3c(c2)CCO3)CC1. The zero-order valence-electron chi connectivity index (χ0n) is 12.1. The maximum absolute atomic E-state index is 9.49. The molecule has 0 amide bonds. The minimum absolute atomic E-state index is 0.0418. The van der Waals surface area contributed by atoms with E-state index in [9.17, 15) is 5.11 Å². The van der Waals surface area contributed by atoms with E-state index in [4.69, 9.17) is 4.74 Å². The van der Waals surface area contributed by atoms with Gasteiger partial charge >= 0.3 is 0 Å². The molecule has 1 aromatic rings. The molecule has 0 radical (unpaired) electrons. The van der Waals surface area contributed by atoms with Crippen LogP contribution < -0.4 is 10.1 Å². The van der Waals surface area contributed by atoms with Crippen LogP contribution in [0.1, 0.15) is 36.8 Å².